The molecule has 2 aromatic rings. The highest BCUT2D eigenvalue weighted by Crippen LogP contribution is 2.32. The van der Waals surface area contributed by atoms with Crippen molar-refractivity contribution >= 4 is 11.5 Å². The number of halogens is 1. The Labute approximate surface area is 141 Å². The molecule has 0 bridgehead atoms. The zero-order chi connectivity index (χ0) is 17.3. The van der Waals surface area contributed by atoms with Gasteiger partial charge < -0.3 is 15.7 Å². The Hall–Kier alpha value is -2.24. The molecular formula is C19H22FN3O. The zero-order valence-electron chi connectivity index (χ0n) is 13.9. The minimum atomic E-state index is -0.513. The van der Waals surface area contributed by atoms with E-state index in [1.807, 2.05) is 37.1 Å². The minimum Gasteiger partial charge on any atom is -0.391 e. The number of rotatable bonds is 3. The molecule has 0 aromatic heterocycles. The van der Waals surface area contributed by atoms with Crippen molar-refractivity contribution in [3.05, 3.63) is 65.0 Å². The maximum absolute atomic E-state index is 13.0. The van der Waals surface area contributed by atoms with E-state index in [-0.39, 0.29) is 11.9 Å². The van der Waals surface area contributed by atoms with E-state index in [1.54, 1.807) is 12.1 Å². The molecular weight excluding hydrogens is 305 g/mol. The monoisotopic (exact) mass is 327 g/mol. The molecule has 1 aliphatic rings. The van der Waals surface area contributed by atoms with Gasteiger partial charge >= 0.3 is 0 Å². The van der Waals surface area contributed by atoms with Gasteiger partial charge in [0, 0.05) is 20.0 Å². The third-order valence-corrected chi connectivity index (χ3v) is 4.51. The van der Waals surface area contributed by atoms with Gasteiger partial charge in [-0.3, -0.25) is 0 Å². The lowest BCUT2D eigenvalue weighted by atomic mass is 10.1. The maximum atomic E-state index is 13.0. The Morgan fingerprint density at radius 1 is 1.29 bits per heavy atom. The van der Waals surface area contributed by atoms with E-state index < -0.39 is 6.10 Å². The van der Waals surface area contributed by atoms with E-state index in [1.165, 1.54) is 12.1 Å². The number of hydrogen-bond acceptors (Lipinski definition) is 3. The molecule has 0 amide bonds. The molecule has 126 valence electrons. The molecule has 0 aliphatic heterocycles. The summed E-state index contributed by atoms with van der Waals surface area (Å²) in [5, 5.41) is 9.87. The largest absolute Gasteiger partial charge is 0.391 e. The number of aliphatic imine (C=N–C) groups is 1. The number of amidine groups is 1. The Bertz CT molecular complexity index is 758. The Morgan fingerprint density at radius 2 is 2.00 bits per heavy atom. The fourth-order valence-electron chi connectivity index (χ4n) is 2.96. The predicted octanol–water partition coefficient (Wildman–Crippen LogP) is 2.92. The number of aliphatic hydroxyl groups is 1. The molecule has 24 heavy (non-hydrogen) atoms. The van der Waals surface area contributed by atoms with Crippen LogP contribution in [0.15, 0.2) is 47.5 Å². The van der Waals surface area contributed by atoms with Crippen LogP contribution in [0.1, 0.15) is 29.7 Å². The van der Waals surface area contributed by atoms with E-state index in [9.17, 15) is 9.50 Å². The summed E-state index contributed by atoms with van der Waals surface area (Å²) in [6.45, 7) is 2.59. The number of nitrogens with zero attached hydrogens (tertiary/aromatic N) is 2. The van der Waals surface area contributed by atoms with Crippen LogP contribution in [0.5, 0.6) is 0 Å². The second-order valence-electron chi connectivity index (χ2n) is 6.32. The van der Waals surface area contributed by atoms with Gasteiger partial charge in [0.25, 0.3) is 0 Å². The van der Waals surface area contributed by atoms with Crippen LogP contribution < -0.4 is 5.73 Å². The third-order valence-electron chi connectivity index (χ3n) is 4.51. The molecule has 5 heteroatoms. The molecule has 3 N–H and O–H groups in total. The second-order valence-corrected chi connectivity index (χ2v) is 6.32. The van der Waals surface area contributed by atoms with Crippen molar-refractivity contribution in [2.45, 2.75) is 32.0 Å². The lowest BCUT2D eigenvalue weighted by molar-refractivity contribution is 0.158. The summed E-state index contributed by atoms with van der Waals surface area (Å²) < 4.78 is 13.0. The third kappa shape index (κ3) is 3.47. The highest BCUT2D eigenvalue weighted by Gasteiger charge is 2.27. The minimum absolute atomic E-state index is 0.233. The van der Waals surface area contributed by atoms with Crippen molar-refractivity contribution in [3.63, 3.8) is 0 Å². The van der Waals surface area contributed by atoms with E-state index in [2.05, 4.69) is 4.99 Å². The normalized spacial score (nSPS) is 20.1. The van der Waals surface area contributed by atoms with Gasteiger partial charge in [0.15, 0.2) is 0 Å². The van der Waals surface area contributed by atoms with E-state index in [4.69, 9.17) is 5.73 Å². The Kier molecular flexibility index (Phi) is 4.64. The summed E-state index contributed by atoms with van der Waals surface area (Å²) in [6.07, 6.45) is 0.0886. The van der Waals surface area contributed by atoms with Gasteiger partial charge in [-0.15, -0.1) is 0 Å². The first-order valence-electron chi connectivity index (χ1n) is 8.01. The molecule has 2 unspecified atom stereocenters. The quantitative estimate of drug-likeness (QED) is 0.673. The highest BCUT2D eigenvalue weighted by molar-refractivity contribution is 5.82. The summed E-state index contributed by atoms with van der Waals surface area (Å²) in [5.74, 6) is 0.620. The Morgan fingerprint density at radius 3 is 2.71 bits per heavy atom. The van der Waals surface area contributed by atoms with Crippen molar-refractivity contribution in [2.75, 3.05) is 7.05 Å². The van der Waals surface area contributed by atoms with E-state index >= 15 is 0 Å². The van der Waals surface area contributed by atoms with Crippen molar-refractivity contribution in [1.82, 2.24) is 4.90 Å². The molecule has 2 aromatic carbocycles. The first-order chi connectivity index (χ1) is 11.4. The van der Waals surface area contributed by atoms with Gasteiger partial charge in [-0.1, -0.05) is 18.2 Å². The average molecular weight is 327 g/mol. The molecule has 0 fully saturated rings. The number of hydrogen-bond donors (Lipinski definition) is 2. The van der Waals surface area contributed by atoms with Crippen LogP contribution in [0, 0.1) is 5.82 Å². The van der Waals surface area contributed by atoms with Gasteiger partial charge in [0.1, 0.15) is 11.7 Å². The summed E-state index contributed by atoms with van der Waals surface area (Å²) in [6, 6.07) is 12.0. The Balaban J connectivity index is 1.75. The smallest absolute Gasteiger partial charge is 0.123 e. The van der Waals surface area contributed by atoms with E-state index in [0.29, 0.717) is 13.0 Å². The van der Waals surface area contributed by atoms with Gasteiger partial charge in [0.2, 0.25) is 0 Å². The molecule has 0 radical (unpaired) electrons. The average Bonchev–Trinajstić information content (AvgIpc) is 2.84. The first-order valence-corrected chi connectivity index (χ1v) is 8.01. The number of fused-ring (bicyclic) bond motifs is 1. The summed E-state index contributed by atoms with van der Waals surface area (Å²) >= 11 is 0. The summed E-state index contributed by atoms with van der Waals surface area (Å²) in [5.41, 5.74) is 9.93. The second kappa shape index (κ2) is 6.71. The van der Waals surface area contributed by atoms with Crippen LogP contribution in [0.4, 0.5) is 10.1 Å². The number of aliphatic hydroxyl groups excluding tert-OH is 1. The van der Waals surface area contributed by atoms with Crippen LogP contribution in [-0.2, 0) is 13.0 Å². The van der Waals surface area contributed by atoms with Gasteiger partial charge in [-0.05, 0) is 47.9 Å². The topological polar surface area (TPSA) is 61.9 Å². The fraction of sp³-hybridized carbons (Fsp3) is 0.316. The zero-order valence-corrected chi connectivity index (χ0v) is 13.9. The molecule has 1 aliphatic carbocycles. The number of nitrogens with two attached hydrogens (primary N) is 1. The lowest BCUT2D eigenvalue weighted by Crippen LogP contribution is -2.23. The predicted molar refractivity (Wildman–Crippen MR) is 93.7 cm³/mol. The van der Waals surface area contributed by atoms with Crippen LogP contribution in [0.3, 0.4) is 0 Å². The van der Waals surface area contributed by atoms with Crippen molar-refractivity contribution in [2.24, 2.45) is 10.7 Å². The highest BCUT2D eigenvalue weighted by atomic mass is 19.1. The standard InChI is InChI=1S/C19H22FN3O/c1-12(23(2)11-13-3-6-15(20)7-4-13)22-16-8-5-14-9-18(24)19(21)17(14)10-16/h3-8,10,18-19,24H,9,11,21H2,1-2H3. The van der Waals surface area contributed by atoms with Crippen molar-refractivity contribution in [1.29, 1.82) is 0 Å². The maximum Gasteiger partial charge on any atom is 0.123 e. The SMILES string of the molecule is CC(=Nc1ccc2c(c1)C(N)C(O)C2)N(C)Cc1ccc(F)cc1. The molecule has 0 saturated heterocycles. The van der Waals surface area contributed by atoms with Crippen molar-refractivity contribution < 1.29 is 9.50 Å². The van der Waals surface area contributed by atoms with Crippen molar-refractivity contribution in [3.8, 4) is 0 Å². The first kappa shape index (κ1) is 16.6. The molecule has 4 nitrogen and oxygen atoms in total. The molecule has 3 rings (SSSR count). The molecule has 0 saturated carbocycles. The number of benzene rings is 2. The van der Waals surface area contributed by atoms with Crippen LogP contribution in [0.25, 0.3) is 0 Å². The fourth-order valence-corrected chi connectivity index (χ4v) is 2.96. The summed E-state index contributed by atoms with van der Waals surface area (Å²) in [4.78, 5) is 6.65. The lowest BCUT2D eigenvalue weighted by Gasteiger charge is -2.19. The van der Waals surface area contributed by atoms with E-state index in [0.717, 1.165) is 28.2 Å². The van der Waals surface area contributed by atoms with Crippen LogP contribution >= 0.6 is 0 Å². The molecule has 0 spiro atoms. The van der Waals surface area contributed by atoms with Crippen LogP contribution in [0.2, 0.25) is 0 Å². The van der Waals surface area contributed by atoms with Gasteiger partial charge in [-0.25, -0.2) is 9.38 Å². The van der Waals surface area contributed by atoms with Gasteiger partial charge in [0.05, 0.1) is 17.8 Å². The van der Waals surface area contributed by atoms with Crippen LogP contribution in [-0.4, -0.2) is 29.0 Å². The van der Waals surface area contributed by atoms with Gasteiger partial charge in [-0.2, -0.15) is 0 Å². The molecule has 0 heterocycles. The molecule has 2 atom stereocenters. The summed E-state index contributed by atoms with van der Waals surface area (Å²) in [7, 11) is 1.95.